The molecule has 0 spiro atoms. The minimum absolute atomic E-state index is 0.0690. The van der Waals surface area contributed by atoms with Crippen LogP contribution in [0.5, 0.6) is 0 Å². The van der Waals surface area contributed by atoms with Crippen molar-refractivity contribution in [3.63, 3.8) is 0 Å². The summed E-state index contributed by atoms with van der Waals surface area (Å²) in [6.07, 6.45) is 6.15. The van der Waals surface area contributed by atoms with Crippen LogP contribution >= 0.6 is 0 Å². The van der Waals surface area contributed by atoms with E-state index in [1.165, 1.54) is 30.5 Å². The van der Waals surface area contributed by atoms with Crippen LogP contribution in [0, 0.1) is 5.82 Å². The highest BCUT2D eigenvalue weighted by molar-refractivity contribution is 5.92. The lowest BCUT2D eigenvalue weighted by atomic mass is 9.93. The lowest BCUT2D eigenvalue weighted by Gasteiger charge is -2.18. The number of nitrogens with zero attached hydrogens (tertiary/aromatic N) is 3. The van der Waals surface area contributed by atoms with Crippen LogP contribution in [-0.4, -0.2) is 39.0 Å². The standard InChI is InChI=1S/C25H24FN3O2/c26-19-7-8-23(27-12-19)25(31)29-10-9-17(14-29)22-13-28-24(11-18(22)15-30)21-4-2-1-3-20(21)16-5-6-16/h1-4,7-8,11-13,16-17,30H,5-6,9-10,14-15H2. The van der Waals surface area contributed by atoms with Crippen molar-refractivity contribution in [2.45, 2.75) is 37.7 Å². The SMILES string of the molecule is O=C(c1ccc(F)cn1)N1CCC(c2cnc(-c3ccccc3C3CC3)cc2CO)C1. The first-order valence-corrected chi connectivity index (χ1v) is 10.7. The number of carbonyl (C=O) groups excluding carboxylic acids is 1. The molecule has 0 bridgehead atoms. The summed E-state index contributed by atoms with van der Waals surface area (Å²) in [4.78, 5) is 23.1. The van der Waals surface area contributed by atoms with E-state index in [4.69, 9.17) is 4.98 Å². The summed E-state index contributed by atoms with van der Waals surface area (Å²) < 4.78 is 13.1. The molecule has 6 heteroatoms. The van der Waals surface area contributed by atoms with E-state index < -0.39 is 5.82 Å². The van der Waals surface area contributed by atoms with Crippen LogP contribution in [0.3, 0.4) is 0 Å². The van der Waals surface area contributed by atoms with Crippen molar-refractivity contribution in [1.82, 2.24) is 14.9 Å². The summed E-state index contributed by atoms with van der Waals surface area (Å²) in [6.45, 7) is 1.06. The van der Waals surface area contributed by atoms with Gasteiger partial charge in [-0.2, -0.15) is 0 Å². The van der Waals surface area contributed by atoms with Crippen LogP contribution in [-0.2, 0) is 6.61 Å². The van der Waals surface area contributed by atoms with Crippen molar-refractivity contribution in [3.05, 3.63) is 83.1 Å². The van der Waals surface area contributed by atoms with Crippen molar-refractivity contribution in [3.8, 4) is 11.3 Å². The number of aromatic nitrogens is 2. The number of hydrogen-bond donors (Lipinski definition) is 1. The van der Waals surface area contributed by atoms with Gasteiger partial charge in [0.1, 0.15) is 11.5 Å². The highest BCUT2D eigenvalue weighted by Gasteiger charge is 2.31. The maximum atomic E-state index is 13.1. The fourth-order valence-electron chi connectivity index (χ4n) is 4.50. The number of rotatable bonds is 5. The monoisotopic (exact) mass is 417 g/mol. The van der Waals surface area contributed by atoms with Gasteiger partial charge >= 0.3 is 0 Å². The Morgan fingerprint density at radius 3 is 2.61 bits per heavy atom. The summed E-state index contributed by atoms with van der Waals surface area (Å²) in [5.74, 6) is 0.0605. The van der Waals surface area contributed by atoms with Gasteiger partial charge in [-0.1, -0.05) is 24.3 Å². The van der Waals surface area contributed by atoms with Crippen LogP contribution in [0.2, 0.25) is 0 Å². The van der Waals surface area contributed by atoms with Gasteiger partial charge in [0.05, 0.1) is 18.5 Å². The van der Waals surface area contributed by atoms with E-state index in [2.05, 4.69) is 23.2 Å². The number of aliphatic hydroxyl groups is 1. The molecule has 5 rings (SSSR count). The second-order valence-electron chi connectivity index (χ2n) is 8.39. The molecule has 1 unspecified atom stereocenters. The number of benzene rings is 1. The minimum atomic E-state index is -0.460. The Balaban J connectivity index is 1.37. The van der Waals surface area contributed by atoms with Crippen molar-refractivity contribution in [1.29, 1.82) is 0 Å². The average molecular weight is 417 g/mol. The maximum Gasteiger partial charge on any atom is 0.272 e. The third-order valence-corrected chi connectivity index (χ3v) is 6.31. The van der Waals surface area contributed by atoms with E-state index in [1.807, 2.05) is 18.3 Å². The second-order valence-corrected chi connectivity index (χ2v) is 8.39. The maximum absolute atomic E-state index is 13.1. The van der Waals surface area contributed by atoms with Gasteiger partial charge in [-0.05, 0) is 60.1 Å². The number of amides is 1. The first-order valence-electron chi connectivity index (χ1n) is 10.7. The number of aliphatic hydroxyl groups excluding tert-OH is 1. The van der Waals surface area contributed by atoms with Crippen LogP contribution in [0.4, 0.5) is 4.39 Å². The smallest absolute Gasteiger partial charge is 0.272 e. The van der Waals surface area contributed by atoms with Gasteiger partial charge in [-0.25, -0.2) is 9.37 Å². The van der Waals surface area contributed by atoms with Gasteiger partial charge in [-0.3, -0.25) is 9.78 Å². The zero-order valence-electron chi connectivity index (χ0n) is 17.2. The molecule has 1 aromatic carbocycles. The van der Waals surface area contributed by atoms with Crippen LogP contribution in [0.15, 0.2) is 54.9 Å². The Labute approximate surface area is 180 Å². The fourth-order valence-corrected chi connectivity index (χ4v) is 4.50. The predicted octanol–water partition coefficient (Wildman–Crippen LogP) is 4.28. The number of likely N-dealkylation sites (tertiary alicyclic amines) is 1. The lowest BCUT2D eigenvalue weighted by molar-refractivity contribution is 0.0785. The van der Waals surface area contributed by atoms with Crippen LogP contribution < -0.4 is 0 Å². The molecule has 2 fully saturated rings. The zero-order chi connectivity index (χ0) is 21.4. The molecule has 3 heterocycles. The molecule has 1 aliphatic heterocycles. The number of hydrogen-bond acceptors (Lipinski definition) is 4. The Morgan fingerprint density at radius 1 is 1.03 bits per heavy atom. The normalized spacial score (nSPS) is 18.4. The van der Waals surface area contributed by atoms with E-state index >= 15 is 0 Å². The molecule has 2 aromatic heterocycles. The Bertz CT molecular complexity index is 1110. The van der Waals surface area contributed by atoms with Gasteiger partial charge < -0.3 is 10.0 Å². The van der Waals surface area contributed by atoms with E-state index in [1.54, 1.807) is 4.90 Å². The molecular formula is C25H24FN3O2. The summed E-state index contributed by atoms with van der Waals surface area (Å²) in [6, 6.07) is 13.0. The molecule has 0 radical (unpaired) electrons. The highest BCUT2D eigenvalue weighted by atomic mass is 19.1. The van der Waals surface area contributed by atoms with Crippen LogP contribution in [0.25, 0.3) is 11.3 Å². The quantitative estimate of drug-likeness (QED) is 0.673. The van der Waals surface area contributed by atoms with Crippen LogP contribution in [0.1, 0.15) is 58.3 Å². The molecule has 5 nitrogen and oxygen atoms in total. The first kappa shape index (κ1) is 19.8. The Morgan fingerprint density at radius 2 is 1.87 bits per heavy atom. The second kappa shape index (κ2) is 8.19. The molecule has 1 aliphatic carbocycles. The minimum Gasteiger partial charge on any atom is -0.392 e. The molecule has 1 saturated heterocycles. The lowest BCUT2D eigenvalue weighted by Crippen LogP contribution is -2.29. The van der Waals surface area contributed by atoms with Crippen molar-refractivity contribution < 1.29 is 14.3 Å². The fraction of sp³-hybridized carbons (Fsp3) is 0.320. The van der Waals surface area contributed by atoms with Gasteiger partial charge in [0.2, 0.25) is 0 Å². The van der Waals surface area contributed by atoms with E-state index in [-0.39, 0.29) is 24.1 Å². The van der Waals surface area contributed by atoms with Gasteiger partial charge in [0, 0.05) is 30.8 Å². The Hall–Kier alpha value is -3.12. The molecule has 1 N–H and O–H groups in total. The molecule has 1 atom stereocenters. The van der Waals surface area contributed by atoms with Gasteiger partial charge in [0.15, 0.2) is 0 Å². The summed E-state index contributed by atoms with van der Waals surface area (Å²) in [5.41, 5.74) is 5.44. The summed E-state index contributed by atoms with van der Waals surface area (Å²) >= 11 is 0. The van der Waals surface area contributed by atoms with Crippen molar-refractivity contribution >= 4 is 5.91 Å². The third-order valence-electron chi connectivity index (χ3n) is 6.31. The molecule has 158 valence electrons. The number of halogens is 1. The summed E-state index contributed by atoms with van der Waals surface area (Å²) in [5, 5.41) is 10.1. The van der Waals surface area contributed by atoms with Crippen molar-refractivity contribution in [2.24, 2.45) is 0 Å². The van der Waals surface area contributed by atoms with E-state index in [0.29, 0.717) is 19.0 Å². The molecule has 1 saturated carbocycles. The zero-order valence-corrected chi connectivity index (χ0v) is 17.2. The predicted molar refractivity (Wildman–Crippen MR) is 115 cm³/mol. The van der Waals surface area contributed by atoms with E-state index in [0.717, 1.165) is 35.0 Å². The largest absolute Gasteiger partial charge is 0.392 e. The Kier molecular flexibility index (Phi) is 5.24. The highest BCUT2D eigenvalue weighted by Crippen LogP contribution is 2.44. The third kappa shape index (κ3) is 3.95. The first-order chi connectivity index (χ1) is 15.1. The van der Waals surface area contributed by atoms with Gasteiger partial charge in [0.25, 0.3) is 5.91 Å². The average Bonchev–Trinajstić information content (AvgIpc) is 3.55. The van der Waals surface area contributed by atoms with E-state index in [9.17, 15) is 14.3 Å². The van der Waals surface area contributed by atoms with Gasteiger partial charge in [-0.15, -0.1) is 0 Å². The topological polar surface area (TPSA) is 66.3 Å². The summed E-state index contributed by atoms with van der Waals surface area (Å²) in [7, 11) is 0. The number of pyridine rings is 2. The molecular weight excluding hydrogens is 393 g/mol. The molecule has 3 aromatic rings. The molecule has 2 aliphatic rings. The molecule has 31 heavy (non-hydrogen) atoms. The number of carbonyl (C=O) groups is 1. The molecule has 1 amide bonds. The van der Waals surface area contributed by atoms with Crippen molar-refractivity contribution in [2.75, 3.05) is 13.1 Å².